The highest BCUT2D eigenvalue weighted by molar-refractivity contribution is 5.68. The number of imidazole rings is 1. The maximum absolute atomic E-state index is 14.1. The number of aliphatic hydroxyl groups is 2. The summed E-state index contributed by atoms with van der Waals surface area (Å²) in [6.45, 7) is -0.475. The second-order valence-corrected chi connectivity index (χ2v) is 4.71. The second-order valence-electron chi connectivity index (χ2n) is 4.71. The van der Waals surface area contributed by atoms with E-state index in [1.54, 1.807) is 7.05 Å². The summed E-state index contributed by atoms with van der Waals surface area (Å²) in [6, 6.07) is 0. The zero-order valence-electron chi connectivity index (χ0n) is 10.6. The number of halogens is 1. The number of fused-ring (bicyclic) bond motifs is 1. The number of hydrogen-bond acceptors (Lipinski definition) is 6. The summed E-state index contributed by atoms with van der Waals surface area (Å²) in [6.07, 6.45) is -2.47. The number of rotatable bonds is 2. The maximum atomic E-state index is 14.1. The van der Waals surface area contributed by atoms with Crippen molar-refractivity contribution in [2.24, 2.45) is 7.05 Å². The van der Waals surface area contributed by atoms with Gasteiger partial charge in [-0.1, -0.05) is 0 Å². The average molecular weight is 283 g/mol. The molecule has 4 atom stereocenters. The summed E-state index contributed by atoms with van der Waals surface area (Å²) in [5.74, 6) is 0. The van der Waals surface area contributed by atoms with Crippen LogP contribution in [0.1, 0.15) is 6.23 Å². The molecule has 108 valence electrons. The van der Waals surface area contributed by atoms with Crippen molar-refractivity contribution in [3.8, 4) is 0 Å². The first-order valence-electron chi connectivity index (χ1n) is 6.05. The molecule has 0 unspecified atom stereocenters. The molecule has 2 aromatic heterocycles. The van der Waals surface area contributed by atoms with Crippen molar-refractivity contribution in [2.45, 2.75) is 24.6 Å². The van der Waals surface area contributed by atoms with E-state index >= 15 is 0 Å². The Labute approximate surface area is 112 Å². The summed E-state index contributed by atoms with van der Waals surface area (Å²) in [7, 11) is 1.66. The molecule has 1 aliphatic heterocycles. The Kier molecular flexibility index (Phi) is 3.04. The summed E-state index contributed by atoms with van der Waals surface area (Å²) in [5.41, 5.74) is 0.751. The highest BCUT2D eigenvalue weighted by Gasteiger charge is 2.45. The van der Waals surface area contributed by atoms with Gasteiger partial charge in [0.2, 0.25) is 0 Å². The molecule has 8 nitrogen and oxygen atoms in total. The number of aromatic nitrogens is 4. The van der Waals surface area contributed by atoms with Crippen LogP contribution in [0.4, 0.5) is 4.39 Å². The molecule has 0 saturated carbocycles. The van der Waals surface area contributed by atoms with Crippen LogP contribution in [0, 0.1) is 5.41 Å². The fourth-order valence-corrected chi connectivity index (χ4v) is 2.28. The molecule has 1 fully saturated rings. The number of hydrogen-bond donors (Lipinski definition) is 3. The van der Waals surface area contributed by atoms with Gasteiger partial charge in [-0.05, 0) is 0 Å². The number of aryl methyl sites for hydroxylation is 1. The Balaban J connectivity index is 2.08. The predicted octanol–water partition coefficient (Wildman–Crippen LogP) is -1.16. The van der Waals surface area contributed by atoms with E-state index < -0.39 is 31.2 Å². The molecule has 3 rings (SSSR count). The molecule has 0 aromatic carbocycles. The van der Waals surface area contributed by atoms with E-state index in [0.29, 0.717) is 11.2 Å². The Morgan fingerprint density at radius 2 is 2.20 bits per heavy atom. The minimum absolute atomic E-state index is 0.140. The Hall–Kier alpha value is -1.84. The van der Waals surface area contributed by atoms with Crippen molar-refractivity contribution < 1.29 is 19.3 Å². The van der Waals surface area contributed by atoms with Crippen molar-refractivity contribution in [1.82, 2.24) is 19.1 Å². The predicted molar refractivity (Wildman–Crippen MR) is 64.3 cm³/mol. The van der Waals surface area contributed by atoms with Crippen molar-refractivity contribution >= 4 is 11.2 Å². The topological polar surface area (TPSA) is 109 Å². The summed E-state index contributed by atoms with van der Waals surface area (Å²) < 4.78 is 22.2. The van der Waals surface area contributed by atoms with Gasteiger partial charge < -0.3 is 19.5 Å². The summed E-state index contributed by atoms with van der Waals surface area (Å²) in [4.78, 5) is 8.14. The molecule has 1 saturated heterocycles. The zero-order chi connectivity index (χ0) is 14.4. The van der Waals surface area contributed by atoms with E-state index in [-0.39, 0.29) is 5.49 Å². The van der Waals surface area contributed by atoms with E-state index in [1.807, 2.05) is 0 Å². The van der Waals surface area contributed by atoms with Crippen LogP contribution in [0.15, 0.2) is 12.7 Å². The van der Waals surface area contributed by atoms with E-state index in [9.17, 15) is 9.50 Å². The van der Waals surface area contributed by atoms with Gasteiger partial charge in [0.05, 0.1) is 19.3 Å². The van der Waals surface area contributed by atoms with Crippen LogP contribution in [0.25, 0.3) is 11.2 Å². The standard InChI is InChI=1S/C11H14FN5O3/c1-16-3-15-10-7(9(16)13)14-4-17(10)11-6(12)8(19)5(2-18)20-11/h3-6,8,11,13,18-19H,2H2,1H3/t5-,6+,8-,11-/m1/s1. The third kappa shape index (κ3) is 1.74. The van der Waals surface area contributed by atoms with Crippen molar-refractivity contribution in [1.29, 1.82) is 5.41 Å². The van der Waals surface area contributed by atoms with Gasteiger partial charge in [-0.2, -0.15) is 0 Å². The van der Waals surface area contributed by atoms with Crippen LogP contribution in [0.3, 0.4) is 0 Å². The quantitative estimate of drug-likeness (QED) is 0.644. The number of nitrogens with zero attached hydrogens (tertiary/aromatic N) is 4. The second kappa shape index (κ2) is 4.62. The molecule has 2 aromatic rings. The van der Waals surface area contributed by atoms with Gasteiger partial charge in [0.25, 0.3) is 0 Å². The molecular formula is C11H14FN5O3. The third-order valence-corrected chi connectivity index (χ3v) is 3.45. The zero-order valence-corrected chi connectivity index (χ0v) is 10.6. The van der Waals surface area contributed by atoms with E-state index in [4.69, 9.17) is 15.3 Å². The van der Waals surface area contributed by atoms with Gasteiger partial charge in [0.15, 0.2) is 23.5 Å². The summed E-state index contributed by atoms with van der Waals surface area (Å²) >= 11 is 0. The number of aliphatic hydroxyl groups excluding tert-OH is 2. The molecule has 9 heteroatoms. The van der Waals surface area contributed by atoms with Crippen molar-refractivity contribution in [3.05, 3.63) is 18.1 Å². The van der Waals surface area contributed by atoms with Crippen LogP contribution >= 0.6 is 0 Å². The van der Waals surface area contributed by atoms with Crippen LogP contribution < -0.4 is 5.49 Å². The lowest BCUT2D eigenvalue weighted by Crippen LogP contribution is -2.30. The van der Waals surface area contributed by atoms with Gasteiger partial charge in [-0.25, -0.2) is 14.4 Å². The normalized spacial score (nSPS) is 30.2. The smallest absolute Gasteiger partial charge is 0.173 e. The molecule has 3 N–H and O–H groups in total. The van der Waals surface area contributed by atoms with E-state index in [0.717, 1.165) is 0 Å². The highest BCUT2D eigenvalue weighted by Crippen LogP contribution is 2.32. The van der Waals surface area contributed by atoms with Gasteiger partial charge >= 0.3 is 0 Å². The Morgan fingerprint density at radius 3 is 2.85 bits per heavy atom. The van der Waals surface area contributed by atoms with E-state index in [1.165, 1.54) is 21.8 Å². The lowest BCUT2D eigenvalue weighted by Gasteiger charge is -2.15. The monoisotopic (exact) mass is 283 g/mol. The third-order valence-electron chi connectivity index (χ3n) is 3.45. The van der Waals surface area contributed by atoms with Crippen LogP contribution in [0.5, 0.6) is 0 Å². The molecular weight excluding hydrogens is 269 g/mol. The molecule has 0 radical (unpaired) electrons. The first kappa shape index (κ1) is 13.2. The molecule has 0 aliphatic carbocycles. The minimum Gasteiger partial charge on any atom is -0.394 e. The summed E-state index contributed by atoms with van der Waals surface area (Å²) in [5, 5.41) is 26.5. The lowest BCUT2D eigenvalue weighted by atomic mass is 10.1. The van der Waals surface area contributed by atoms with Crippen LogP contribution in [-0.4, -0.2) is 54.3 Å². The average Bonchev–Trinajstić information content (AvgIpc) is 2.98. The largest absolute Gasteiger partial charge is 0.394 e. The van der Waals surface area contributed by atoms with Gasteiger partial charge in [0.1, 0.15) is 17.7 Å². The first-order chi connectivity index (χ1) is 9.54. The SMILES string of the molecule is Cn1cnc2c(ncn2[C@@H]2O[C@H](CO)[C@@H](O)[C@@H]2F)c1=N. The molecule has 1 aliphatic rings. The van der Waals surface area contributed by atoms with Gasteiger partial charge in [-0.15, -0.1) is 0 Å². The number of alkyl halides is 1. The van der Waals surface area contributed by atoms with Gasteiger partial charge in [0, 0.05) is 7.05 Å². The fraction of sp³-hybridized carbons (Fsp3) is 0.545. The molecule has 0 spiro atoms. The first-order valence-corrected chi connectivity index (χ1v) is 6.05. The fourth-order valence-electron chi connectivity index (χ4n) is 2.28. The molecule has 3 heterocycles. The maximum Gasteiger partial charge on any atom is 0.173 e. The molecule has 20 heavy (non-hydrogen) atoms. The number of nitrogens with one attached hydrogen (secondary N) is 1. The Morgan fingerprint density at radius 1 is 1.45 bits per heavy atom. The van der Waals surface area contributed by atoms with Crippen molar-refractivity contribution in [2.75, 3.05) is 6.61 Å². The minimum atomic E-state index is -1.70. The Bertz CT molecular complexity index is 699. The molecule has 0 bridgehead atoms. The van der Waals surface area contributed by atoms with Crippen LogP contribution in [-0.2, 0) is 11.8 Å². The lowest BCUT2D eigenvalue weighted by molar-refractivity contribution is -0.0459. The van der Waals surface area contributed by atoms with Crippen LogP contribution in [0.2, 0.25) is 0 Å². The van der Waals surface area contributed by atoms with Crippen molar-refractivity contribution in [3.63, 3.8) is 0 Å². The van der Waals surface area contributed by atoms with E-state index in [2.05, 4.69) is 9.97 Å². The van der Waals surface area contributed by atoms with Gasteiger partial charge in [-0.3, -0.25) is 9.98 Å². The highest BCUT2D eigenvalue weighted by atomic mass is 19.1. The molecule has 0 amide bonds. The number of ether oxygens (including phenoxy) is 1.